The minimum Gasteiger partial charge on any atom is -0.489 e. The van der Waals surface area contributed by atoms with E-state index in [4.69, 9.17) is 21.1 Å². The third-order valence-electron chi connectivity index (χ3n) is 4.42. The Morgan fingerprint density at radius 3 is 2.83 bits per heavy atom. The number of fused-ring (bicyclic) bond motifs is 1. The summed E-state index contributed by atoms with van der Waals surface area (Å²) in [7, 11) is 0. The average Bonchev–Trinajstić information content (AvgIpc) is 2.99. The van der Waals surface area contributed by atoms with Crippen molar-refractivity contribution in [3.8, 4) is 11.5 Å². The predicted molar refractivity (Wildman–Crippen MR) is 90.1 cm³/mol. The normalized spacial score (nSPS) is 16.1. The summed E-state index contributed by atoms with van der Waals surface area (Å²) in [4.78, 5) is 0. The smallest absolute Gasteiger partial charge is 0.207 e. The zero-order valence-electron chi connectivity index (χ0n) is 13.4. The van der Waals surface area contributed by atoms with Crippen LogP contribution < -0.4 is 9.47 Å². The Morgan fingerprint density at radius 1 is 1.26 bits per heavy atom. The van der Waals surface area contributed by atoms with Gasteiger partial charge in [-0.25, -0.2) is 0 Å². The zero-order chi connectivity index (χ0) is 16.4. The molecule has 0 radical (unpaired) electrons. The van der Waals surface area contributed by atoms with Crippen LogP contribution in [0.15, 0.2) is 30.3 Å². The molecule has 2 nitrogen and oxygen atoms in total. The third kappa shape index (κ3) is 3.02. The second kappa shape index (κ2) is 6.79. The van der Waals surface area contributed by atoms with Crippen LogP contribution in [0, 0.1) is 5.82 Å². The fourth-order valence-corrected chi connectivity index (χ4v) is 3.24. The Labute approximate surface area is 141 Å². The second-order valence-corrected chi connectivity index (χ2v) is 6.14. The monoisotopic (exact) mass is 334 g/mol. The minimum atomic E-state index is -0.413. The topological polar surface area (TPSA) is 18.5 Å². The van der Waals surface area contributed by atoms with E-state index in [0.29, 0.717) is 17.4 Å². The van der Waals surface area contributed by atoms with Crippen molar-refractivity contribution in [3.05, 3.63) is 57.9 Å². The van der Waals surface area contributed by atoms with E-state index >= 15 is 0 Å². The van der Waals surface area contributed by atoms with E-state index in [1.807, 2.05) is 24.3 Å². The fraction of sp³-hybridized carbons (Fsp3) is 0.368. The average molecular weight is 335 g/mol. The van der Waals surface area contributed by atoms with E-state index in [1.54, 1.807) is 6.07 Å². The molecule has 0 fully saturated rings. The summed E-state index contributed by atoms with van der Waals surface area (Å²) in [5.41, 5.74) is 2.95. The molecule has 1 unspecified atom stereocenters. The SMILES string of the molecule is CCc1cccc(Cl)c1COc1ccc2c(c1F)OCC2CC. The molecule has 1 heterocycles. The molecular formula is C19H20ClFO2. The quantitative estimate of drug-likeness (QED) is 0.718. The van der Waals surface area contributed by atoms with Gasteiger partial charge >= 0.3 is 0 Å². The van der Waals surface area contributed by atoms with Crippen LogP contribution >= 0.6 is 11.6 Å². The van der Waals surface area contributed by atoms with Gasteiger partial charge in [0.2, 0.25) is 5.82 Å². The summed E-state index contributed by atoms with van der Waals surface area (Å²) >= 11 is 6.25. The summed E-state index contributed by atoms with van der Waals surface area (Å²) in [6, 6.07) is 9.35. The molecule has 23 heavy (non-hydrogen) atoms. The van der Waals surface area contributed by atoms with Gasteiger partial charge < -0.3 is 9.47 Å². The van der Waals surface area contributed by atoms with Crippen molar-refractivity contribution in [2.75, 3.05) is 6.61 Å². The zero-order valence-corrected chi connectivity index (χ0v) is 14.1. The Hall–Kier alpha value is -1.74. The molecule has 0 bridgehead atoms. The predicted octanol–water partition coefficient (Wildman–Crippen LogP) is 5.51. The van der Waals surface area contributed by atoms with Gasteiger partial charge in [-0.3, -0.25) is 0 Å². The maximum atomic E-state index is 14.6. The van der Waals surface area contributed by atoms with Gasteiger partial charge in [-0.1, -0.05) is 43.6 Å². The molecule has 0 N–H and O–H groups in total. The van der Waals surface area contributed by atoms with E-state index in [-0.39, 0.29) is 18.3 Å². The molecule has 1 aliphatic rings. The number of ether oxygens (including phenoxy) is 2. The van der Waals surface area contributed by atoms with Crippen molar-refractivity contribution in [2.45, 2.75) is 39.2 Å². The molecule has 1 atom stereocenters. The molecule has 0 amide bonds. The molecule has 1 aliphatic heterocycles. The number of hydrogen-bond acceptors (Lipinski definition) is 2. The van der Waals surface area contributed by atoms with Crippen LogP contribution in [-0.2, 0) is 13.0 Å². The van der Waals surface area contributed by atoms with E-state index in [1.165, 1.54) is 0 Å². The van der Waals surface area contributed by atoms with Crippen LogP contribution in [-0.4, -0.2) is 6.61 Å². The summed E-state index contributed by atoms with van der Waals surface area (Å²) in [6.07, 6.45) is 1.79. The van der Waals surface area contributed by atoms with Gasteiger partial charge in [-0.2, -0.15) is 4.39 Å². The number of hydrogen-bond donors (Lipinski definition) is 0. The fourth-order valence-electron chi connectivity index (χ4n) is 2.99. The number of benzene rings is 2. The lowest BCUT2D eigenvalue weighted by Crippen LogP contribution is -2.02. The highest BCUT2D eigenvalue weighted by Gasteiger charge is 2.27. The Balaban J connectivity index is 1.83. The van der Waals surface area contributed by atoms with Crippen LogP contribution in [0.25, 0.3) is 0 Å². The van der Waals surface area contributed by atoms with Crippen LogP contribution in [0.4, 0.5) is 4.39 Å². The molecule has 122 valence electrons. The highest BCUT2D eigenvalue weighted by Crippen LogP contribution is 2.41. The first kappa shape index (κ1) is 16.1. The van der Waals surface area contributed by atoms with Crippen molar-refractivity contribution in [2.24, 2.45) is 0 Å². The van der Waals surface area contributed by atoms with E-state index in [2.05, 4.69) is 13.8 Å². The van der Waals surface area contributed by atoms with Crippen molar-refractivity contribution < 1.29 is 13.9 Å². The molecular weight excluding hydrogens is 315 g/mol. The Morgan fingerprint density at radius 2 is 2.09 bits per heavy atom. The largest absolute Gasteiger partial charge is 0.489 e. The first-order chi connectivity index (χ1) is 11.2. The van der Waals surface area contributed by atoms with Crippen molar-refractivity contribution >= 4 is 11.6 Å². The van der Waals surface area contributed by atoms with Gasteiger partial charge in [-0.05, 0) is 30.5 Å². The molecule has 0 saturated carbocycles. The highest BCUT2D eigenvalue weighted by atomic mass is 35.5. The number of aryl methyl sites for hydroxylation is 1. The van der Waals surface area contributed by atoms with Crippen molar-refractivity contribution in [3.63, 3.8) is 0 Å². The number of rotatable bonds is 5. The van der Waals surface area contributed by atoms with Crippen LogP contribution in [0.5, 0.6) is 11.5 Å². The Bertz CT molecular complexity index is 715. The summed E-state index contributed by atoms with van der Waals surface area (Å²) < 4.78 is 25.8. The highest BCUT2D eigenvalue weighted by molar-refractivity contribution is 6.31. The van der Waals surface area contributed by atoms with Gasteiger partial charge in [-0.15, -0.1) is 0 Å². The van der Waals surface area contributed by atoms with Gasteiger partial charge in [0.15, 0.2) is 11.5 Å². The summed E-state index contributed by atoms with van der Waals surface area (Å²) in [6.45, 7) is 4.92. The minimum absolute atomic E-state index is 0.211. The van der Waals surface area contributed by atoms with Crippen LogP contribution in [0.1, 0.15) is 42.9 Å². The van der Waals surface area contributed by atoms with Gasteiger partial charge in [0.25, 0.3) is 0 Å². The molecule has 0 saturated heterocycles. The lowest BCUT2D eigenvalue weighted by molar-refractivity contribution is 0.275. The third-order valence-corrected chi connectivity index (χ3v) is 4.78. The van der Waals surface area contributed by atoms with Crippen molar-refractivity contribution in [1.29, 1.82) is 0 Å². The molecule has 0 spiro atoms. The lowest BCUT2D eigenvalue weighted by atomic mass is 9.98. The summed E-state index contributed by atoms with van der Waals surface area (Å²) in [5.74, 6) is 0.402. The Kier molecular flexibility index (Phi) is 4.76. The molecule has 0 aliphatic carbocycles. The lowest BCUT2D eigenvalue weighted by Gasteiger charge is -2.13. The molecule has 2 aromatic carbocycles. The van der Waals surface area contributed by atoms with Crippen LogP contribution in [0.2, 0.25) is 5.02 Å². The maximum absolute atomic E-state index is 14.6. The number of halogens is 2. The second-order valence-electron chi connectivity index (χ2n) is 5.73. The maximum Gasteiger partial charge on any atom is 0.207 e. The first-order valence-corrected chi connectivity index (χ1v) is 8.37. The van der Waals surface area contributed by atoms with Gasteiger partial charge in [0, 0.05) is 22.1 Å². The molecule has 0 aromatic heterocycles. The molecule has 2 aromatic rings. The molecule has 4 heteroatoms. The first-order valence-electron chi connectivity index (χ1n) is 7.99. The van der Waals surface area contributed by atoms with E-state index in [0.717, 1.165) is 29.5 Å². The van der Waals surface area contributed by atoms with Crippen LogP contribution in [0.3, 0.4) is 0 Å². The van der Waals surface area contributed by atoms with Gasteiger partial charge in [0.05, 0.1) is 6.61 Å². The van der Waals surface area contributed by atoms with E-state index in [9.17, 15) is 4.39 Å². The van der Waals surface area contributed by atoms with Gasteiger partial charge in [0.1, 0.15) is 6.61 Å². The molecule has 3 rings (SSSR count). The van der Waals surface area contributed by atoms with E-state index < -0.39 is 5.82 Å². The standard InChI is InChI=1S/C19H20ClFO2/c1-3-12-6-5-7-16(20)15(12)11-22-17-9-8-14-13(4-2)10-23-19(14)18(17)21/h5-9,13H,3-4,10-11H2,1-2H3. The summed E-state index contributed by atoms with van der Waals surface area (Å²) in [5, 5.41) is 0.646. The van der Waals surface area contributed by atoms with Crippen molar-refractivity contribution in [1.82, 2.24) is 0 Å².